The standard InChI is InChI=1S/C18H25NO/c1-14(15-9-5-3-6-10-15)19-16(20)17(2)13-18(17)11-7-4-8-12-18/h3,5-6,9-10,14H,4,7-8,11-13H2,1-2H3,(H,19,20)/t14-,17?/m0/s1. The second-order valence-electron chi connectivity index (χ2n) is 6.96. The van der Waals surface area contributed by atoms with E-state index in [1.165, 1.54) is 37.7 Å². The minimum absolute atomic E-state index is 0.0989. The van der Waals surface area contributed by atoms with Crippen LogP contribution >= 0.6 is 0 Å². The predicted octanol–water partition coefficient (Wildman–Crippen LogP) is 4.22. The van der Waals surface area contributed by atoms with E-state index in [0.717, 1.165) is 6.42 Å². The summed E-state index contributed by atoms with van der Waals surface area (Å²) in [6, 6.07) is 10.3. The van der Waals surface area contributed by atoms with Gasteiger partial charge < -0.3 is 5.32 Å². The molecule has 1 spiro atoms. The fraction of sp³-hybridized carbons (Fsp3) is 0.611. The van der Waals surface area contributed by atoms with E-state index >= 15 is 0 Å². The maximum atomic E-state index is 12.7. The molecule has 0 saturated heterocycles. The second-order valence-corrected chi connectivity index (χ2v) is 6.96. The monoisotopic (exact) mass is 271 g/mol. The Morgan fingerprint density at radius 1 is 1.15 bits per heavy atom. The highest BCUT2D eigenvalue weighted by Gasteiger charge is 2.67. The van der Waals surface area contributed by atoms with E-state index in [4.69, 9.17) is 0 Å². The van der Waals surface area contributed by atoms with Gasteiger partial charge in [0, 0.05) is 0 Å². The van der Waals surface area contributed by atoms with Crippen molar-refractivity contribution in [2.75, 3.05) is 0 Å². The molecule has 1 unspecified atom stereocenters. The van der Waals surface area contributed by atoms with Crippen LogP contribution in [0.15, 0.2) is 30.3 Å². The highest BCUT2D eigenvalue weighted by atomic mass is 16.2. The zero-order valence-electron chi connectivity index (χ0n) is 12.6. The molecular formula is C18H25NO. The van der Waals surface area contributed by atoms with Crippen LogP contribution in [-0.4, -0.2) is 5.91 Å². The highest BCUT2D eigenvalue weighted by Crippen LogP contribution is 2.70. The van der Waals surface area contributed by atoms with E-state index in [1.54, 1.807) is 0 Å². The van der Waals surface area contributed by atoms with E-state index in [1.807, 2.05) is 18.2 Å². The molecule has 1 amide bonds. The molecule has 0 heterocycles. The summed E-state index contributed by atoms with van der Waals surface area (Å²) in [7, 11) is 0. The summed E-state index contributed by atoms with van der Waals surface area (Å²) in [6.07, 6.45) is 7.54. The van der Waals surface area contributed by atoms with Crippen molar-refractivity contribution >= 4 is 5.91 Å². The Labute approximate surface area is 122 Å². The van der Waals surface area contributed by atoms with Crippen molar-refractivity contribution < 1.29 is 4.79 Å². The molecule has 2 aliphatic rings. The van der Waals surface area contributed by atoms with Gasteiger partial charge in [0.2, 0.25) is 5.91 Å². The number of hydrogen-bond donors (Lipinski definition) is 1. The Hall–Kier alpha value is -1.31. The van der Waals surface area contributed by atoms with Crippen LogP contribution in [0.5, 0.6) is 0 Å². The molecule has 2 fully saturated rings. The van der Waals surface area contributed by atoms with Crippen LogP contribution in [0, 0.1) is 10.8 Å². The number of carbonyl (C=O) groups is 1. The Kier molecular flexibility index (Phi) is 3.35. The molecule has 2 aliphatic carbocycles. The van der Waals surface area contributed by atoms with Crippen molar-refractivity contribution in [1.82, 2.24) is 5.32 Å². The maximum Gasteiger partial charge on any atom is 0.226 e. The third-order valence-electron chi connectivity index (χ3n) is 5.70. The smallest absolute Gasteiger partial charge is 0.226 e. The lowest BCUT2D eigenvalue weighted by molar-refractivity contribution is -0.128. The number of carbonyl (C=O) groups excluding carboxylic acids is 1. The molecule has 0 aliphatic heterocycles. The van der Waals surface area contributed by atoms with Gasteiger partial charge >= 0.3 is 0 Å². The summed E-state index contributed by atoms with van der Waals surface area (Å²) in [6.45, 7) is 4.25. The van der Waals surface area contributed by atoms with Crippen LogP contribution < -0.4 is 5.32 Å². The quantitative estimate of drug-likeness (QED) is 0.876. The van der Waals surface area contributed by atoms with Crippen LogP contribution in [0.4, 0.5) is 0 Å². The van der Waals surface area contributed by atoms with Gasteiger partial charge in [0.25, 0.3) is 0 Å². The molecule has 2 heteroatoms. The van der Waals surface area contributed by atoms with Crippen LogP contribution in [-0.2, 0) is 4.79 Å². The number of nitrogens with one attached hydrogen (secondary N) is 1. The van der Waals surface area contributed by atoms with Crippen molar-refractivity contribution in [2.45, 2.75) is 58.4 Å². The van der Waals surface area contributed by atoms with Gasteiger partial charge in [-0.3, -0.25) is 4.79 Å². The first-order chi connectivity index (χ1) is 9.57. The lowest BCUT2D eigenvalue weighted by Crippen LogP contribution is -2.36. The molecule has 0 aromatic heterocycles. The zero-order chi connectivity index (χ0) is 14.2. The van der Waals surface area contributed by atoms with E-state index in [0.29, 0.717) is 5.41 Å². The molecule has 20 heavy (non-hydrogen) atoms. The average Bonchev–Trinajstić information content (AvgIpc) is 3.05. The summed E-state index contributed by atoms with van der Waals surface area (Å²) >= 11 is 0. The third kappa shape index (κ3) is 2.15. The average molecular weight is 271 g/mol. The van der Waals surface area contributed by atoms with Crippen molar-refractivity contribution in [2.24, 2.45) is 10.8 Å². The summed E-state index contributed by atoms with van der Waals surface area (Å²) in [5, 5.41) is 3.23. The number of hydrogen-bond acceptors (Lipinski definition) is 1. The molecule has 0 radical (unpaired) electrons. The van der Waals surface area contributed by atoms with E-state index in [9.17, 15) is 4.79 Å². The van der Waals surface area contributed by atoms with Gasteiger partial charge in [-0.05, 0) is 37.2 Å². The largest absolute Gasteiger partial charge is 0.349 e. The fourth-order valence-corrected chi connectivity index (χ4v) is 4.09. The van der Waals surface area contributed by atoms with Gasteiger partial charge in [-0.25, -0.2) is 0 Å². The fourth-order valence-electron chi connectivity index (χ4n) is 4.09. The van der Waals surface area contributed by atoms with E-state index < -0.39 is 0 Å². The minimum atomic E-state index is -0.115. The van der Waals surface area contributed by atoms with Crippen LogP contribution in [0.3, 0.4) is 0 Å². The van der Waals surface area contributed by atoms with Gasteiger partial charge in [-0.2, -0.15) is 0 Å². The molecule has 2 saturated carbocycles. The summed E-state index contributed by atoms with van der Waals surface area (Å²) < 4.78 is 0. The third-order valence-corrected chi connectivity index (χ3v) is 5.70. The van der Waals surface area contributed by atoms with Crippen LogP contribution in [0.1, 0.15) is 64.0 Å². The lowest BCUT2D eigenvalue weighted by Gasteiger charge is -2.27. The Bertz CT molecular complexity index is 489. The molecule has 1 aromatic carbocycles. The summed E-state index contributed by atoms with van der Waals surface area (Å²) in [5.74, 6) is 0.260. The highest BCUT2D eigenvalue weighted by molar-refractivity contribution is 5.87. The predicted molar refractivity (Wildman–Crippen MR) is 81.2 cm³/mol. The van der Waals surface area contributed by atoms with Gasteiger partial charge in [0.1, 0.15) is 0 Å². The molecule has 1 aromatic rings. The molecule has 2 nitrogen and oxygen atoms in total. The Balaban J connectivity index is 1.65. The van der Waals surface area contributed by atoms with Gasteiger partial charge in [-0.15, -0.1) is 0 Å². The molecule has 1 N–H and O–H groups in total. The van der Waals surface area contributed by atoms with Crippen LogP contribution in [0.2, 0.25) is 0 Å². The number of benzene rings is 1. The number of amides is 1. The van der Waals surface area contributed by atoms with Crippen molar-refractivity contribution in [1.29, 1.82) is 0 Å². The molecular weight excluding hydrogens is 246 g/mol. The first-order valence-electron chi connectivity index (χ1n) is 7.93. The summed E-state index contributed by atoms with van der Waals surface area (Å²) in [5.41, 5.74) is 1.39. The van der Waals surface area contributed by atoms with Crippen LogP contribution in [0.25, 0.3) is 0 Å². The SMILES string of the molecule is C[C@H](NC(=O)C1(C)CC12CCCCC2)c1ccccc1. The Morgan fingerprint density at radius 3 is 2.45 bits per heavy atom. The minimum Gasteiger partial charge on any atom is -0.349 e. The first-order valence-corrected chi connectivity index (χ1v) is 7.93. The van der Waals surface area contributed by atoms with Crippen molar-refractivity contribution in [3.05, 3.63) is 35.9 Å². The maximum absolute atomic E-state index is 12.7. The van der Waals surface area contributed by atoms with E-state index in [2.05, 4.69) is 31.3 Å². The molecule has 108 valence electrons. The zero-order valence-corrected chi connectivity index (χ0v) is 12.6. The topological polar surface area (TPSA) is 29.1 Å². The van der Waals surface area contributed by atoms with Crippen molar-refractivity contribution in [3.8, 4) is 0 Å². The normalized spacial score (nSPS) is 28.9. The lowest BCUT2D eigenvalue weighted by atomic mass is 9.80. The summed E-state index contributed by atoms with van der Waals surface area (Å²) in [4.78, 5) is 12.7. The molecule has 0 bridgehead atoms. The molecule has 3 rings (SSSR count). The van der Waals surface area contributed by atoms with Gasteiger partial charge in [0.05, 0.1) is 11.5 Å². The van der Waals surface area contributed by atoms with Gasteiger partial charge in [-0.1, -0.05) is 56.5 Å². The van der Waals surface area contributed by atoms with Gasteiger partial charge in [0.15, 0.2) is 0 Å². The Morgan fingerprint density at radius 2 is 1.80 bits per heavy atom. The van der Waals surface area contributed by atoms with E-state index in [-0.39, 0.29) is 17.4 Å². The first kappa shape index (κ1) is 13.7. The van der Waals surface area contributed by atoms with Crippen molar-refractivity contribution in [3.63, 3.8) is 0 Å². The molecule has 2 atom stereocenters. The second kappa shape index (κ2) is 4.91. The number of rotatable bonds is 3.